The van der Waals surface area contributed by atoms with Gasteiger partial charge in [-0.3, -0.25) is 4.79 Å². The van der Waals surface area contributed by atoms with Crippen molar-refractivity contribution in [2.45, 2.75) is 45.4 Å². The second-order valence-electron chi connectivity index (χ2n) is 4.58. The van der Waals surface area contributed by atoms with Gasteiger partial charge in [0.25, 0.3) is 0 Å². The van der Waals surface area contributed by atoms with E-state index < -0.39 is 0 Å². The zero-order valence-corrected chi connectivity index (χ0v) is 11.1. The molecule has 0 aliphatic carbocycles. The average Bonchev–Trinajstić information content (AvgIpc) is 2.37. The van der Waals surface area contributed by atoms with Crippen LogP contribution < -0.4 is 5.32 Å². The Morgan fingerprint density at radius 1 is 1.17 bits per heavy atom. The van der Waals surface area contributed by atoms with E-state index >= 15 is 0 Å². The first-order valence-corrected chi connectivity index (χ1v) is 6.77. The maximum absolute atomic E-state index is 11.5. The number of carbonyl (C=O) groups is 1. The van der Waals surface area contributed by atoms with Crippen LogP contribution in [0.4, 0.5) is 0 Å². The Labute approximate surface area is 109 Å². The van der Waals surface area contributed by atoms with Crippen LogP contribution >= 0.6 is 0 Å². The number of phenolic OH excluding ortho intramolecular Hbond substituents is 1. The number of hydrogen-bond donors (Lipinski definition) is 2. The standard InChI is InChI=1S/C15H23NO2/c1-2-3-4-5-6-15(18)16-12-11-13-7-9-14(17)10-8-13/h7-10,17H,2-6,11-12H2,1H3,(H,16,18). The molecule has 0 heterocycles. The van der Waals surface area contributed by atoms with Crippen LogP contribution in [-0.4, -0.2) is 17.6 Å². The highest BCUT2D eigenvalue weighted by Crippen LogP contribution is 2.09. The van der Waals surface area contributed by atoms with Crippen LogP contribution in [-0.2, 0) is 11.2 Å². The van der Waals surface area contributed by atoms with Gasteiger partial charge in [0.15, 0.2) is 0 Å². The first kappa shape index (κ1) is 14.6. The van der Waals surface area contributed by atoms with Gasteiger partial charge in [0.2, 0.25) is 5.91 Å². The number of unbranched alkanes of at least 4 members (excludes halogenated alkanes) is 3. The van der Waals surface area contributed by atoms with Gasteiger partial charge in [0.1, 0.15) is 5.75 Å². The number of aromatic hydroxyl groups is 1. The third-order valence-electron chi connectivity index (χ3n) is 2.93. The molecule has 100 valence electrons. The highest BCUT2D eigenvalue weighted by atomic mass is 16.3. The fourth-order valence-corrected chi connectivity index (χ4v) is 1.81. The number of carbonyl (C=O) groups excluding carboxylic acids is 1. The Bertz CT molecular complexity index is 346. The lowest BCUT2D eigenvalue weighted by molar-refractivity contribution is -0.121. The number of nitrogens with one attached hydrogen (secondary N) is 1. The molecular weight excluding hydrogens is 226 g/mol. The molecule has 0 aliphatic heterocycles. The molecule has 3 heteroatoms. The third kappa shape index (κ3) is 6.28. The van der Waals surface area contributed by atoms with Gasteiger partial charge in [0, 0.05) is 13.0 Å². The minimum atomic E-state index is 0.143. The van der Waals surface area contributed by atoms with E-state index in [1.807, 2.05) is 12.1 Å². The summed E-state index contributed by atoms with van der Waals surface area (Å²) in [4.78, 5) is 11.5. The summed E-state index contributed by atoms with van der Waals surface area (Å²) in [5.41, 5.74) is 1.12. The summed E-state index contributed by atoms with van der Waals surface area (Å²) in [7, 11) is 0. The lowest BCUT2D eigenvalue weighted by Gasteiger charge is -2.05. The average molecular weight is 249 g/mol. The Morgan fingerprint density at radius 2 is 1.89 bits per heavy atom. The van der Waals surface area contributed by atoms with E-state index in [2.05, 4.69) is 12.2 Å². The van der Waals surface area contributed by atoms with Crippen molar-refractivity contribution in [3.8, 4) is 5.75 Å². The lowest BCUT2D eigenvalue weighted by atomic mass is 10.1. The number of amides is 1. The number of rotatable bonds is 8. The predicted octanol–water partition coefficient (Wildman–Crippen LogP) is 3.02. The van der Waals surface area contributed by atoms with Crippen molar-refractivity contribution < 1.29 is 9.90 Å². The quantitative estimate of drug-likeness (QED) is 0.696. The zero-order chi connectivity index (χ0) is 13.2. The summed E-state index contributed by atoms with van der Waals surface area (Å²) >= 11 is 0. The minimum Gasteiger partial charge on any atom is -0.508 e. The van der Waals surface area contributed by atoms with Crippen molar-refractivity contribution in [2.24, 2.45) is 0 Å². The maximum Gasteiger partial charge on any atom is 0.220 e. The molecule has 0 fully saturated rings. The molecule has 1 amide bonds. The molecule has 3 nitrogen and oxygen atoms in total. The van der Waals surface area contributed by atoms with Crippen molar-refractivity contribution in [1.82, 2.24) is 5.32 Å². The van der Waals surface area contributed by atoms with Crippen LogP contribution in [0.15, 0.2) is 24.3 Å². The van der Waals surface area contributed by atoms with E-state index in [1.165, 1.54) is 12.8 Å². The molecule has 0 aliphatic rings. The highest BCUT2D eigenvalue weighted by molar-refractivity contribution is 5.75. The third-order valence-corrected chi connectivity index (χ3v) is 2.93. The van der Waals surface area contributed by atoms with Crippen molar-refractivity contribution in [3.63, 3.8) is 0 Å². The summed E-state index contributed by atoms with van der Waals surface area (Å²) in [6.07, 6.45) is 5.97. The maximum atomic E-state index is 11.5. The van der Waals surface area contributed by atoms with Crippen molar-refractivity contribution in [1.29, 1.82) is 0 Å². The summed E-state index contributed by atoms with van der Waals surface area (Å²) in [6, 6.07) is 7.09. The van der Waals surface area contributed by atoms with Gasteiger partial charge in [-0.25, -0.2) is 0 Å². The van der Waals surface area contributed by atoms with Gasteiger partial charge in [-0.05, 0) is 30.5 Å². The zero-order valence-electron chi connectivity index (χ0n) is 11.1. The van der Waals surface area contributed by atoms with Gasteiger partial charge in [-0.1, -0.05) is 38.3 Å². The van der Waals surface area contributed by atoms with E-state index in [9.17, 15) is 4.79 Å². The second-order valence-corrected chi connectivity index (χ2v) is 4.58. The molecule has 0 unspecified atom stereocenters. The van der Waals surface area contributed by atoms with Crippen LogP contribution in [0.25, 0.3) is 0 Å². The van der Waals surface area contributed by atoms with E-state index in [0.717, 1.165) is 24.8 Å². The molecule has 0 atom stereocenters. The van der Waals surface area contributed by atoms with Crippen LogP contribution in [0.3, 0.4) is 0 Å². The largest absolute Gasteiger partial charge is 0.508 e. The first-order chi connectivity index (χ1) is 8.72. The van der Waals surface area contributed by atoms with Crippen LogP contribution in [0, 0.1) is 0 Å². The topological polar surface area (TPSA) is 49.3 Å². The van der Waals surface area contributed by atoms with E-state index in [0.29, 0.717) is 13.0 Å². The van der Waals surface area contributed by atoms with Gasteiger partial charge in [-0.15, -0.1) is 0 Å². The van der Waals surface area contributed by atoms with Crippen molar-refractivity contribution in [2.75, 3.05) is 6.54 Å². The summed E-state index contributed by atoms with van der Waals surface area (Å²) < 4.78 is 0. The molecule has 1 aromatic carbocycles. The molecule has 0 aromatic heterocycles. The van der Waals surface area contributed by atoms with Gasteiger partial charge in [0.05, 0.1) is 0 Å². The van der Waals surface area contributed by atoms with Crippen LogP contribution in [0.5, 0.6) is 5.75 Å². The molecule has 2 N–H and O–H groups in total. The molecular formula is C15H23NO2. The predicted molar refractivity (Wildman–Crippen MR) is 73.6 cm³/mol. The van der Waals surface area contributed by atoms with Gasteiger partial charge < -0.3 is 10.4 Å². The van der Waals surface area contributed by atoms with E-state index in [4.69, 9.17) is 5.11 Å². The number of phenols is 1. The Hall–Kier alpha value is -1.51. The molecule has 1 aromatic rings. The second kappa shape index (κ2) is 8.56. The molecule has 0 saturated heterocycles. The van der Waals surface area contributed by atoms with Gasteiger partial charge in [-0.2, -0.15) is 0 Å². The van der Waals surface area contributed by atoms with Crippen molar-refractivity contribution >= 4 is 5.91 Å². The smallest absolute Gasteiger partial charge is 0.220 e. The molecule has 0 spiro atoms. The molecule has 0 bridgehead atoms. The summed E-state index contributed by atoms with van der Waals surface area (Å²) in [5.74, 6) is 0.420. The fourth-order valence-electron chi connectivity index (χ4n) is 1.81. The molecule has 1 rings (SSSR count). The van der Waals surface area contributed by atoms with E-state index in [1.54, 1.807) is 12.1 Å². The summed E-state index contributed by atoms with van der Waals surface area (Å²) in [6.45, 7) is 2.83. The molecule has 0 saturated carbocycles. The highest BCUT2D eigenvalue weighted by Gasteiger charge is 2.00. The molecule has 18 heavy (non-hydrogen) atoms. The van der Waals surface area contributed by atoms with Gasteiger partial charge >= 0.3 is 0 Å². The fraction of sp³-hybridized carbons (Fsp3) is 0.533. The Kier molecular flexibility index (Phi) is 6.92. The van der Waals surface area contributed by atoms with Crippen LogP contribution in [0.1, 0.15) is 44.6 Å². The SMILES string of the molecule is CCCCCCC(=O)NCCc1ccc(O)cc1. The number of hydrogen-bond acceptors (Lipinski definition) is 2. The molecule has 0 radical (unpaired) electrons. The van der Waals surface area contributed by atoms with E-state index in [-0.39, 0.29) is 11.7 Å². The first-order valence-electron chi connectivity index (χ1n) is 6.77. The minimum absolute atomic E-state index is 0.143. The monoisotopic (exact) mass is 249 g/mol. The number of benzene rings is 1. The Balaban J connectivity index is 2.10. The Morgan fingerprint density at radius 3 is 2.56 bits per heavy atom. The van der Waals surface area contributed by atoms with Crippen LogP contribution in [0.2, 0.25) is 0 Å². The normalized spacial score (nSPS) is 10.3. The van der Waals surface area contributed by atoms with Crippen molar-refractivity contribution in [3.05, 3.63) is 29.8 Å². The lowest BCUT2D eigenvalue weighted by Crippen LogP contribution is -2.25. The summed E-state index contributed by atoms with van der Waals surface area (Å²) in [5, 5.41) is 12.1.